The van der Waals surface area contributed by atoms with Crippen molar-refractivity contribution in [1.82, 2.24) is 25.0 Å². The van der Waals surface area contributed by atoms with Gasteiger partial charge >= 0.3 is 0 Å². The van der Waals surface area contributed by atoms with E-state index in [2.05, 4.69) is 25.6 Å². The molecular formula is C20H21FN6O2. The molecule has 0 fully saturated rings. The number of H-pyrrole nitrogens is 1. The number of hydrogen-bond donors (Lipinski definition) is 2. The quantitative estimate of drug-likeness (QED) is 0.642. The second-order valence-electron chi connectivity index (χ2n) is 7.13. The van der Waals surface area contributed by atoms with E-state index in [1.54, 1.807) is 18.2 Å². The van der Waals surface area contributed by atoms with Gasteiger partial charge in [0.05, 0.1) is 5.69 Å². The molecule has 29 heavy (non-hydrogen) atoms. The molecule has 0 saturated carbocycles. The summed E-state index contributed by atoms with van der Waals surface area (Å²) in [7, 11) is 0. The molecule has 0 spiro atoms. The first-order chi connectivity index (χ1) is 14.1. The predicted octanol–water partition coefficient (Wildman–Crippen LogP) is 2.00. The fraction of sp³-hybridized carbons (Fsp3) is 0.350. The molecule has 0 unspecified atom stereocenters. The van der Waals surface area contributed by atoms with Crippen LogP contribution in [0.5, 0.6) is 0 Å². The van der Waals surface area contributed by atoms with Crippen LogP contribution in [0.4, 0.5) is 10.3 Å². The maximum atomic E-state index is 13.0. The monoisotopic (exact) mass is 396 g/mol. The maximum Gasteiger partial charge on any atom is 0.267 e. The molecule has 4 rings (SSSR count). The molecule has 0 aliphatic heterocycles. The van der Waals surface area contributed by atoms with Gasteiger partial charge in [-0.05, 0) is 48.9 Å². The maximum absolute atomic E-state index is 13.0. The van der Waals surface area contributed by atoms with E-state index < -0.39 is 5.91 Å². The third kappa shape index (κ3) is 4.74. The van der Waals surface area contributed by atoms with Crippen molar-refractivity contribution in [2.45, 2.75) is 45.1 Å². The summed E-state index contributed by atoms with van der Waals surface area (Å²) in [6.07, 6.45) is 5.33. The number of nitrogens with one attached hydrogen (secondary N) is 2. The highest BCUT2D eigenvalue weighted by Crippen LogP contribution is 2.16. The highest BCUT2D eigenvalue weighted by molar-refractivity contribution is 5.88. The molecular weight excluding hydrogens is 375 g/mol. The van der Waals surface area contributed by atoms with Gasteiger partial charge in [0.15, 0.2) is 0 Å². The first-order valence-electron chi connectivity index (χ1n) is 9.62. The van der Waals surface area contributed by atoms with E-state index in [-0.39, 0.29) is 23.9 Å². The molecule has 150 valence electrons. The van der Waals surface area contributed by atoms with E-state index >= 15 is 0 Å². The van der Waals surface area contributed by atoms with Gasteiger partial charge < -0.3 is 0 Å². The molecule has 0 saturated heterocycles. The molecule has 0 atom stereocenters. The lowest BCUT2D eigenvalue weighted by Crippen LogP contribution is -2.31. The number of amides is 1. The Morgan fingerprint density at radius 3 is 2.79 bits per heavy atom. The molecule has 3 aromatic rings. The molecule has 2 N–H and O–H groups in total. The number of halogens is 1. The van der Waals surface area contributed by atoms with Crippen LogP contribution in [-0.2, 0) is 30.6 Å². The lowest BCUT2D eigenvalue weighted by molar-refractivity contribution is -0.117. The van der Waals surface area contributed by atoms with Crippen molar-refractivity contribution >= 4 is 11.9 Å². The number of aromatic amines is 1. The van der Waals surface area contributed by atoms with Crippen LogP contribution in [0.15, 0.2) is 35.1 Å². The Morgan fingerprint density at radius 2 is 1.97 bits per heavy atom. The molecule has 0 radical (unpaired) electrons. The van der Waals surface area contributed by atoms with Crippen molar-refractivity contribution in [2.75, 3.05) is 5.32 Å². The molecule has 1 aliphatic rings. The van der Waals surface area contributed by atoms with Gasteiger partial charge in [0.25, 0.3) is 5.56 Å². The number of carbonyl (C=O) groups is 1. The molecule has 8 nitrogen and oxygen atoms in total. The molecule has 1 aliphatic carbocycles. The second kappa shape index (κ2) is 8.34. The van der Waals surface area contributed by atoms with Crippen LogP contribution in [0.2, 0.25) is 0 Å². The number of hydrogen-bond acceptors (Lipinski definition) is 5. The normalized spacial score (nSPS) is 13.6. The van der Waals surface area contributed by atoms with Crippen LogP contribution in [0.25, 0.3) is 0 Å². The lowest BCUT2D eigenvalue weighted by Gasteiger charge is -2.09. The minimum absolute atomic E-state index is 0.120. The first-order valence-corrected chi connectivity index (χ1v) is 9.62. The van der Waals surface area contributed by atoms with Crippen LogP contribution in [0, 0.1) is 5.82 Å². The zero-order valence-corrected chi connectivity index (χ0v) is 15.8. The summed E-state index contributed by atoms with van der Waals surface area (Å²) in [6.45, 7) is -0.200. The lowest BCUT2D eigenvalue weighted by atomic mass is 10.1. The van der Waals surface area contributed by atoms with Gasteiger partial charge in [-0.15, -0.1) is 5.10 Å². The van der Waals surface area contributed by atoms with Gasteiger partial charge in [0, 0.05) is 12.5 Å². The van der Waals surface area contributed by atoms with Crippen LogP contribution < -0.4 is 10.9 Å². The van der Waals surface area contributed by atoms with Crippen molar-refractivity contribution in [2.24, 2.45) is 0 Å². The number of rotatable bonds is 5. The van der Waals surface area contributed by atoms with Crippen LogP contribution in [-0.4, -0.2) is 30.9 Å². The fourth-order valence-corrected chi connectivity index (χ4v) is 3.42. The summed E-state index contributed by atoms with van der Waals surface area (Å²) in [4.78, 5) is 28.8. The molecule has 2 heterocycles. The van der Waals surface area contributed by atoms with E-state index in [4.69, 9.17) is 0 Å². The number of anilines is 1. The number of aromatic nitrogens is 5. The predicted molar refractivity (Wildman–Crippen MR) is 104 cm³/mol. The third-order valence-corrected chi connectivity index (χ3v) is 4.89. The Morgan fingerprint density at radius 1 is 1.17 bits per heavy atom. The minimum atomic E-state index is -0.430. The fourth-order valence-electron chi connectivity index (χ4n) is 3.42. The van der Waals surface area contributed by atoms with Crippen molar-refractivity contribution < 1.29 is 9.18 Å². The molecule has 2 aromatic heterocycles. The number of fused-ring (bicyclic) bond motifs is 1. The summed E-state index contributed by atoms with van der Waals surface area (Å²) in [5, 5.41) is 13.7. The van der Waals surface area contributed by atoms with Crippen LogP contribution in [0.3, 0.4) is 0 Å². The molecule has 1 aromatic carbocycles. The Kier molecular flexibility index (Phi) is 5.46. The zero-order chi connectivity index (χ0) is 20.2. The number of nitrogens with zero attached hydrogens (tertiary/aromatic N) is 4. The summed E-state index contributed by atoms with van der Waals surface area (Å²) < 4.78 is 14.2. The number of aryl methyl sites for hydroxylation is 2. The minimum Gasteiger partial charge on any atom is -0.292 e. The van der Waals surface area contributed by atoms with Gasteiger partial charge in [-0.1, -0.05) is 18.6 Å². The van der Waals surface area contributed by atoms with Gasteiger partial charge in [-0.3, -0.25) is 20.0 Å². The Hall–Kier alpha value is -3.36. The van der Waals surface area contributed by atoms with Crippen molar-refractivity contribution in [3.63, 3.8) is 0 Å². The van der Waals surface area contributed by atoms with E-state index in [0.29, 0.717) is 12.2 Å². The van der Waals surface area contributed by atoms with Crippen LogP contribution >= 0.6 is 0 Å². The van der Waals surface area contributed by atoms with E-state index in [0.717, 1.165) is 48.9 Å². The van der Waals surface area contributed by atoms with E-state index in [1.807, 2.05) is 0 Å². The summed E-state index contributed by atoms with van der Waals surface area (Å²) in [6, 6.07) is 7.66. The van der Waals surface area contributed by atoms with Gasteiger partial charge in [0.1, 0.15) is 18.2 Å². The molecule has 9 heteroatoms. The van der Waals surface area contributed by atoms with Crippen molar-refractivity contribution in [1.29, 1.82) is 0 Å². The smallest absolute Gasteiger partial charge is 0.267 e. The summed E-state index contributed by atoms with van der Waals surface area (Å²) in [5.74, 6) is -0.0800. The standard InChI is InChI=1S/C20H21FN6O2/c21-15-8-6-13(7-9-15)10-17-22-20(25-24-17)23-18(28)12-27-19(29)11-14-4-2-1-3-5-16(14)26-27/h6-9,11H,1-5,10,12H2,(H2,22,23,24,25,28). The topological polar surface area (TPSA) is 106 Å². The number of benzene rings is 1. The van der Waals surface area contributed by atoms with Gasteiger partial charge in [-0.2, -0.15) is 10.1 Å². The average Bonchev–Trinajstić information content (AvgIpc) is 2.99. The van der Waals surface area contributed by atoms with Crippen LogP contribution in [0.1, 0.15) is 41.9 Å². The zero-order valence-electron chi connectivity index (χ0n) is 15.8. The molecule has 1 amide bonds. The SMILES string of the molecule is O=C(Cn1nc2c(cc1=O)CCCCC2)Nc1n[nH]c(Cc2ccc(F)cc2)n1. The van der Waals surface area contributed by atoms with Gasteiger partial charge in [-0.25, -0.2) is 9.07 Å². The Labute approximate surface area is 166 Å². The highest BCUT2D eigenvalue weighted by Gasteiger charge is 2.15. The van der Waals surface area contributed by atoms with Gasteiger partial charge in [0.2, 0.25) is 11.9 Å². The average molecular weight is 396 g/mol. The summed E-state index contributed by atoms with van der Waals surface area (Å²) in [5.41, 5.74) is 2.46. The first kappa shape index (κ1) is 19.0. The second-order valence-corrected chi connectivity index (χ2v) is 7.13. The summed E-state index contributed by atoms with van der Waals surface area (Å²) >= 11 is 0. The number of carbonyl (C=O) groups excluding carboxylic acids is 1. The Balaban J connectivity index is 1.40. The van der Waals surface area contributed by atoms with E-state index in [1.165, 1.54) is 16.8 Å². The largest absolute Gasteiger partial charge is 0.292 e. The van der Waals surface area contributed by atoms with Crippen molar-refractivity contribution in [3.8, 4) is 0 Å². The highest BCUT2D eigenvalue weighted by atomic mass is 19.1. The molecule has 0 bridgehead atoms. The van der Waals surface area contributed by atoms with Crippen molar-refractivity contribution in [3.05, 3.63) is 69.1 Å². The van der Waals surface area contributed by atoms with E-state index in [9.17, 15) is 14.0 Å². The Bertz CT molecular complexity index is 1070. The third-order valence-electron chi connectivity index (χ3n) is 4.89.